The topological polar surface area (TPSA) is 20.2 Å². The zero-order chi connectivity index (χ0) is 17.3. The summed E-state index contributed by atoms with van der Waals surface area (Å²) in [4.78, 5) is 0. The van der Waals surface area contributed by atoms with Crippen molar-refractivity contribution >= 4 is 0 Å². The first-order valence-electron chi connectivity index (χ1n) is 10.6. The summed E-state index contributed by atoms with van der Waals surface area (Å²) < 4.78 is 0. The van der Waals surface area contributed by atoms with Gasteiger partial charge in [0.2, 0.25) is 0 Å². The van der Waals surface area contributed by atoms with E-state index in [0.717, 1.165) is 6.42 Å². The molecule has 1 N–H and O–H groups in total. The Kier molecular flexibility index (Phi) is 13.6. The molecule has 0 aliphatic heterocycles. The molecule has 1 aromatic rings. The van der Waals surface area contributed by atoms with Crippen LogP contribution in [0.4, 0.5) is 0 Å². The van der Waals surface area contributed by atoms with Gasteiger partial charge in [0.1, 0.15) is 5.75 Å². The van der Waals surface area contributed by atoms with Crippen molar-refractivity contribution in [2.75, 3.05) is 0 Å². The van der Waals surface area contributed by atoms with Gasteiger partial charge in [-0.15, -0.1) is 0 Å². The minimum atomic E-state index is 0.371. The lowest BCUT2D eigenvalue weighted by Gasteiger charge is -2.04. The van der Waals surface area contributed by atoms with Crippen LogP contribution in [0.25, 0.3) is 0 Å². The highest BCUT2D eigenvalue weighted by molar-refractivity contribution is 5.25. The van der Waals surface area contributed by atoms with Crippen LogP contribution >= 0.6 is 0 Å². The summed E-state index contributed by atoms with van der Waals surface area (Å²) in [5.74, 6) is 0.371. The van der Waals surface area contributed by atoms with E-state index in [0.29, 0.717) is 5.75 Å². The molecule has 138 valence electrons. The Labute approximate surface area is 150 Å². The second kappa shape index (κ2) is 15.5. The number of phenolic OH excluding ortho intramolecular Hbond substituents is 1. The van der Waals surface area contributed by atoms with Crippen LogP contribution in [0.5, 0.6) is 5.75 Å². The van der Waals surface area contributed by atoms with Gasteiger partial charge in [0.05, 0.1) is 0 Å². The van der Waals surface area contributed by atoms with E-state index in [1.807, 2.05) is 12.1 Å². The fourth-order valence-electron chi connectivity index (χ4n) is 3.36. The van der Waals surface area contributed by atoms with E-state index >= 15 is 0 Å². The molecule has 0 aromatic heterocycles. The predicted molar refractivity (Wildman–Crippen MR) is 107 cm³/mol. The molecular formula is C23H40O. The van der Waals surface area contributed by atoms with Crippen molar-refractivity contribution in [3.8, 4) is 5.75 Å². The van der Waals surface area contributed by atoms with Crippen LogP contribution in [-0.2, 0) is 6.42 Å². The lowest BCUT2D eigenvalue weighted by atomic mass is 10.0. The van der Waals surface area contributed by atoms with Gasteiger partial charge < -0.3 is 5.11 Å². The molecule has 0 saturated carbocycles. The number of hydrogen-bond acceptors (Lipinski definition) is 1. The second-order valence-electron chi connectivity index (χ2n) is 7.37. The number of benzene rings is 1. The Morgan fingerprint density at radius 2 is 0.917 bits per heavy atom. The summed E-state index contributed by atoms with van der Waals surface area (Å²) in [6, 6.07) is 7.67. The second-order valence-corrected chi connectivity index (χ2v) is 7.37. The van der Waals surface area contributed by atoms with Gasteiger partial charge in [-0.25, -0.2) is 0 Å². The maximum absolute atomic E-state index is 9.26. The third-order valence-electron chi connectivity index (χ3n) is 5.01. The minimum Gasteiger partial charge on any atom is -0.508 e. The molecule has 0 radical (unpaired) electrons. The molecule has 0 aliphatic rings. The number of hydrogen-bond donors (Lipinski definition) is 1. The van der Waals surface area contributed by atoms with E-state index in [-0.39, 0.29) is 0 Å². The Morgan fingerprint density at radius 3 is 1.33 bits per heavy atom. The first-order valence-corrected chi connectivity index (χ1v) is 10.6. The molecule has 0 amide bonds. The first-order chi connectivity index (χ1) is 11.8. The van der Waals surface area contributed by atoms with E-state index < -0.39 is 0 Å². The van der Waals surface area contributed by atoms with Crippen LogP contribution in [0.2, 0.25) is 0 Å². The highest BCUT2D eigenvalue weighted by atomic mass is 16.3. The number of unbranched alkanes of at least 4 members (excludes halogenated alkanes) is 14. The van der Waals surface area contributed by atoms with Gasteiger partial charge in [0, 0.05) is 0 Å². The SMILES string of the molecule is CCCCCCCCCCCCCCCCCc1ccc(O)cc1. The Morgan fingerprint density at radius 1 is 0.542 bits per heavy atom. The number of phenols is 1. The van der Waals surface area contributed by atoms with E-state index in [4.69, 9.17) is 0 Å². The minimum absolute atomic E-state index is 0.371. The molecule has 0 bridgehead atoms. The van der Waals surface area contributed by atoms with E-state index in [9.17, 15) is 5.11 Å². The van der Waals surface area contributed by atoms with Crippen LogP contribution < -0.4 is 0 Å². The summed E-state index contributed by atoms with van der Waals surface area (Å²) in [5.41, 5.74) is 1.35. The molecule has 1 heteroatoms. The summed E-state index contributed by atoms with van der Waals surface area (Å²) in [6.45, 7) is 2.29. The number of rotatable bonds is 16. The zero-order valence-corrected chi connectivity index (χ0v) is 16.1. The Bertz CT molecular complexity index is 368. The molecule has 0 heterocycles. The molecule has 0 unspecified atom stereocenters. The normalized spacial score (nSPS) is 11.0. The van der Waals surface area contributed by atoms with Gasteiger partial charge in [-0.3, -0.25) is 0 Å². The maximum Gasteiger partial charge on any atom is 0.115 e. The van der Waals surface area contributed by atoms with Crippen molar-refractivity contribution in [2.45, 2.75) is 110 Å². The third kappa shape index (κ3) is 12.4. The van der Waals surface area contributed by atoms with Crippen molar-refractivity contribution in [1.29, 1.82) is 0 Å². The fraction of sp³-hybridized carbons (Fsp3) is 0.739. The van der Waals surface area contributed by atoms with Gasteiger partial charge in [-0.2, -0.15) is 0 Å². The maximum atomic E-state index is 9.26. The van der Waals surface area contributed by atoms with E-state index in [2.05, 4.69) is 6.92 Å². The molecule has 0 aliphatic carbocycles. The van der Waals surface area contributed by atoms with Crippen LogP contribution in [0.3, 0.4) is 0 Å². The summed E-state index contributed by atoms with van der Waals surface area (Å²) in [6.07, 6.45) is 22.4. The molecule has 1 aromatic carbocycles. The molecule has 1 nitrogen and oxygen atoms in total. The molecular weight excluding hydrogens is 292 g/mol. The monoisotopic (exact) mass is 332 g/mol. The quantitative estimate of drug-likeness (QED) is 0.306. The Balaban J connectivity index is 1.75. The molecule has 0 atom stereocenters. The highest BCUT2D eigenvalue weighted by Gasteiger charge is 1.96. The van der Waals surface area contributed by atoms with Crippen LogP contribution in [0.1, 0.15) is 109 Å². The Hall–Kier alpha value is -0.980. The molecule has 0 spiro atoms. The third-order valence-corrected chi connectivity index (χ3v) is 5.01. The summed E-state index contributed by atoms with van der Waals surface area (Å²) in [5, 5.41) is 9.26. The van der Waals surface area contributed by atoms with Gasteiger partial charge in [0.25, 0.3) is 0 Å². The fourth-order valence-corrected chi connectivity index (χ4v) is 3.36. The number of aryl methyl sites for hydroxylation is 1. The van der Waals surface area contributed by atoms with Crippen LogP contribution in [-0.4, -0.2) is 5.11 Å². The lowest BCUT2D eigenvalue weighted by molar-refractivity contribution is 0.475. The highest BCUT2D eigenvalue weighted by Crippen LogP contribution is 2.15. The van der Waals surface area contributed by atoms with Crippen molar-refractivity contribution in [3.63, 3.8) is 0 Å². The lowest BCUT2D eigenvalue weighted by Crippen LogP contribution is -1.86. The van der Waals surface area contributed by atoms with E-state index in [1.54, 1.807) is 12.1 Å². The van der Waals surface area contributed by atoms with Crippen molar-refractivity contribution in [1.82, 2.24) is 0 Å². The van der Waals surface area contributed by atoms with Crippen LogP contribution in [0.15, 0.2) is 24.3 Å². The average molecular weight is 333 g/mol. The standard InChI is InChI=1S/C23H40O/c1-2-3-4-5-6-7-8-9-10-11-12-13-14-15-16-17-22-18-20-23(24)21-19-22/h18-21,24H,2-17H2,1H3. The molecule has 24 heavy (non-hydrogen) atoms. The smallest absolute Gasteiger partial charge is 0.115 e. The van der Waals surface area contributed by atoms with Crippen molar-refractivity contribution in [3.05, 3.63) is 29.8 Å². The molecule has 1 rings (SSSR count). The van der Waals surface area contributed by atoms with Gasteiger partial charge in [-0.05, 0) is 30.5 Å². The van der Waals surface area contributed by atoms with Gasteiger partial charge in [0.15, 0.2) is 0 Å². The van der Waals surface area contributed by atoms with Crippen molar-refractivity contribution in [2.24, 2.45) is 0 Å². The van der Waals surface area contributed by atoms with Crippen molar-refractivity contribution < 1.29 is 5.11 Å². The predicted octanol–water partition coefficient (Wildman–Crippen LogP) is 7.81. The van der Waals surface area contributed by atoms with Gasteiger partial charge >= 0.3 is 0 Å². The number of aromatic hydroxyl groups is 1. The summed E-state index contributed by atoms with van der Waals surface area (Å²) in [7, 11) is 0. The zero-order valence-electron chi connectivity index (χ0n) is 16.1. The average Bonchev–Trinajstić information content (AvgIpc) is 2.60. The van der Waals surface area contributed by atoms with E-state index in [1.165, 1.54) is 102 Å². The first kappa shape index (κ1) is 21.1. The summed E-state index contributed by atoms with van der Waals surface area (Å²) >= 11 is 0. The van der Waals surface area contributed by atoms with Gasteiger partial charge in [-0.1, -0.05) is 109 Å². The molecule has 0 saturated heterocycles. The van der Waals surface area contributed by atoms with Crippen LogP contribution in [0, 0.1) is 0 Å². The largest absolute Gasteiger partial charge is 0.508 e. The molecule has 0 fully saturated rings.